The third-order valence-corrected chi connectivity index (χ3v) is 5.52. The Bertz CT molecular complexity index is 1360. The van der Waals surface area contributed by atoms with Crippen LogP contribution in [0, 0.1) is 0 Å². The van der Waals surface area contributed by atoms with E-state index in [-0.39, 0.29) is 0 Å². The Morgan fingerprint density at radius 2 is 1.62 bits per heavy atom. The van der Waals surface area contributed by atoms with Crippen molar-refractivity contribution in [3.63, 3.8) is 0 Å². The molecule has 156 valence electrons. The molecule has 4 aromatic carbocycles. The molecule has 0 saturated heterocycles. The van der Waals surface area contributed by atoms with E-state index in [4.69, 9.17) is 21.2 Å². The number of nitrogens with zero attached hydrogens (tertiary/aromatic N) is 1. The summed E-state index contributed by atoms with van der Waals surface area (Å²) in [4.78, 5) is 17.6. The Labute approximate surface area is 190 Å². The first kappa shape index (κ1) is 20.0. The maximum Gasteiger partial charge on any atom is 0.368 e. The van der Waals surface area contributed by atoms with Gasteiger partial charge in [0.1, 0.15) is 18.1 Å². The highest BCUT2D eigenvalue weighted by molar-refractivity contribution is 6.31. The van der Waals surface area contributed by atoms with Crippen LogP contribution in [0.2, 0.25) is 5.02 Å². The molecule has 5 rings (SSSR count). The van der Waals surface area contributed by atoms with Gasteiger partial charge in [-0.1, -0.05) is 89.6 Å². The molecule has 4 nitrogen and oxygen atoms in total. The second-order valence-electron chi connectivity index (χ2n) is 7.36. The molecule has 0 spiro atoms. The van der Waals surface area contributed by atoms with E-state index < -0.39 is 5.97 Å². The number of ether oxygens (including phenoxy) is 1. The zero-order chi connectivity index (χ0) is 21.9. The number of hydrogen-bond donors (Lipinski definition) is 0. The predicted molar refractivity (Wildman–Crippen MR) is 127 cm³/mol. The molecule has 1 heterocycles. The quantitative estimate of drug-likeness (QED) is 0.266. The molecule has 0 fully saturated rings. The van der Waals surface area contributed by atoms with Crippen LogP contribution in [0.1, 0.15) is 16.7 Å². The summed E-state index contributed by atoms with van der Waals surface area (Å²) in [6, 6.07) is 28.9. The van der Waals surface area contributed by atoms with E-state index in [2.05, 4.69) is 5.16 Å². The number of benzene rings is 4. The largest absolute Gasteiger partial charge is 0.488 e. The van der Waals surface area contributed by atoms with E-state index in [1.165, 1.54) is 0 Å². The summed E-state index contributed by atoms with van der Waals surface area (Å²) in [5.74, 6) is 0.179. The first-order valence-corrected chi connectivity index (χ1v) is 10.5. The third kappa shape index (κ3) is 4.01. The van der Waals surface area contributed by atoms with E-state index >= 15 is 0 Å². The van der Waals surface area contributed by atoms with Gasteiger partial charge in [0.2, 0.25) is 0 Å². The molecule has 0 amide bonds. The molecule has 0 aliphatic carbocycles. The maximum absolute atomic E-state index is 12.6. The summed E-state index contributed by atoms with van der Waals surface area (Å²) in [7, 11) is 0. The van der Waals surface area contributed by atoms with Crippen LogP contribution in [0.5, 0.6) is 5.75 Å². The first-order chi connectivity index (χ1) is 15.7. The van der Waals surface area contributed by atoms with E-state index in [0.29, 0.717) is 28.7 Å². The molecule has 5 heteroatoms. The number of rotatable bonds is 5. The average molecular weight is 440 g/mol. The Morgan fingerprint density at radius 1 is 0.875 bits per heavy atom. The van der Waals surface area contributed by atoms with Crippen molar-refractivity contribution in [1.82, 2.24) is 0 Å². The molecule has 32 heavy (non-hydrogen) atoms. The average Bonchev–Trinajstić information content (AvgIpc) is 3.20. The smallest absolute Gasteiger partial charge is 0.368 e. The van der Waals surface area contributed by atoms with E-state index in [1.807, 2.05) is 91.0 Å². The monoisotopic (exact) mass is 439 g/mol. The summed E-state index contributed by atoms with van der Waals surface area (Å²) in [6.45, 7) is 0.371. The van der Waals surface area contributed by atoms with Crippen molar-refractivity contribution in [2.75, 3.05) is 0 Å². The van der Waals surface area contributed by atoms with Gasteiger partial charge >= 0.3 is 5.97 Å². The van der Waals surface area contributed by atoms with Crippen molar-refractivity contribution < 1.29 is 14.4 Å². The summed E-state index contributed by atoms with van der Waals surface area (Å²) in [5, 5.41) is 6.72. The van der Waals surface area contributed by atoms with Gasteiger partial charge in [0.25, 0.3) is 0 Å². The standard InChI is InChI=1S/C27H18ClNO3/c28-21-13-10-18(11-14-21)17-31-25-15-12-19-6-4-5-9-22(19)23(25)16-24-26(29-32-27(24)30)20-7-2-1-3-8-20/h1-16H,17H2/b24-16-. The second kappa shape index (κ2) is 8.69. The van der Waals surface area contributed by atoms with Gasteiger partial charge in [0, 0.05) is 16.1 Å². The summed E-state index contributed by atoms with van der Waals surface area (Å²) >= 11 is 5.99. The molecule has 0 radical (unpaired) electrons. The van der Waals surface area contributed by atoms with Crippen LogP contribution in [-0.4, -0.2) is 11.7 Å². The zero-order valence-electron chi connectivity index (χ0n) is 17.0. The summed E-state index contributed by atoms with van der Waals surface area (Å²) < 4.78 is 6.18. The van der Waals surface area contributed by atoms with Crippen LogP contribution in [0.4, 0.5) is 0 Å². The minimum atomic E-state index is -0.486. The van der Waals surface area contributed by atoms with Crippen LogP contribution in [0.3, 0.4) is 0 Å². The lowest BCUT2D eigenvalue weighted by molar-refractivity contribution is -0.136. The molecule has 1 aliphatic rings. The van der Waals surface area contributed by atoms with Crippen molar-refractivity contribution >= 4 is 40.1 Å². The van der Waals surface area contributed by atoms with Crippen LogP contribution in [0.25, 0.3) is 16.8 Å². The molecule has 0 aromatic heterocycles. The topological polar surface area (TPSA) is 47.9 Å². The van der Waals surface area contributed by atoms with Crippen LogP contribution >= 0.6 is 11.6 Å². The zero-order valence-corrected chi connectivity index (χ0v) is 17.8. The maximum atomic E-state index is 12.6. The van der Waals surface area contributed by atoms with Crippen LogP contribution in [-0.2, 0) is 16.2 Å². The molecule has 0 saturated carbocycles. The number of hydrogen-bond acceptors (Lipinski definition) is 4. The fourth-order valence-corrected chi connectivity index (χ4v) is 3.78. The SMILES string of the molecule is O=C1ON=C(c2ccccc2)/C1=C/c1c(OCc2ccc(Cl)cc2)ccc2ccccc12. The molecular formula is C27H18ClNO3. The molecule has 0 N–H and O–H groups in total. The van der Waals surface area contributed by atoms with Gasteiger partial charge in [-0.05, 0) is 40.6 Å². The molecular weight excluding hydrogens is 422 g/mol. The highest BCUT2D eigenvalue weighted by Gasteiger charge is 2.27. The number of fused-ring (bicyclic) bond motifs is 1. The Morgan fingerprint density at radius 3 is 2.44 bits per heavy atom. The van der Waals surface area contributed by atoms with Gasteiger partial charge in [-0.15, -0.1) is 0 Å². The number of carbonyl (C=O) groups excluding carboxylic acids is 1. The lowest BCUT2D eigenvalue weighted by Gasteiger charge is -2.13. The predicted octanol–water partition coefficient (Wildman–Crippen LogP) is 6.42. The van der Waals surface area contributed by atoms with Crippen molar-refractivity contribution in [3.8, 4) is 5.75 Å². The Hall–Kier alpha value is -3.89. The van der Waals surface area contributed by atoms with Gasteiger partial charge in [0.15, 0.2) is 0 Å². The minimum absolute atomic E-state index is 0.371. The van der Waals surface area contributed by atoms with Crippen LogP contribution in [0.15, 0.2) is 102 Å². The van der Waals surface area contributed by atoms with Gasteiger partial charge in [0.05, 0.1) is 5.57 Å². The van der Waals surface area contributed by atoms with Crippen molar-refractivity contribution in [2.24, 2.45) is 5.16 Å². The Kier molecular flexibility index (Phi) is 5.44. The van der Waals surface area contributed by atoms with Gasteiger partial charge in [-0.25, -0.2) is 4.79 Å². The molecule has 0 atom stereocenters. The highest BCUT2D eigenvalue weighted by Crippen LogP contribution is 2.32. The normalized spacial score (nSPS) is 14.5. The fourth-order valence-electron chi connectivity index (χ4n) is 3.65. The molecule has 4 aromatic rings. The van der Waals surface area contributed by atoms with E-state index in [1.54, 1.807) is 6.08 Å². The minimum Gasteiger partial charge on any atom is -0.488 e. The van der Waals surface area contributed by atoms with Gasteiger partial charge in [-0.3, -0.25) is 0 Å². The number of carbonyl (C=O) groups is 1. The van der Waals surface area contributed by atoms with E-state index in [9.17, 15) is 4.79 Å². The lowest BCUT2D eigenvalue weighted by Crippen LogP contribution is -2.07. The molecule has 1 aliphatic heterocycles. The number of oxime groups is 1. The van der Waals surface area contributed by atoms with Crippen molar-refractivity contribution in [3.05, 3.63) is 118 Å². The van der Waals surface area contributed by atoms with Gasteiger partial charge in [-0.2, -0.15) is 0 Å². The first-order valence-electron chi connectivity index (χ1n) is 10.1. The Balaban J connectivity index is 1.58. The van der Waals surface area contributed by atoms with Gasteiger partial charge < -0.3 is 9.57 Å². The second-order valence-corrected chi connectivity index (χ2v) is 7.79. The van der Waals surface area contributed by atoms with Crippen molar-refractivity contribution in [2.45, 2.75) is 6.61 Å². The lowest BCUT2D eigenvalue weighted by atomic mass is 9.97. The van der Waals surface area contributed by atoms with E-state index in [0.717, 1.165) is 27.5 Å². The molecule has 0 bridgehead atoms. The fraction of sp³-hybridized carbons (Fsp3) is 0.0370. The number of halogens is 1. The highest BCUT2D eigenvalue weighted by atomic mass is 35.5. The molecule has 0 unspecified atom stereocenters. The summed E-state index contributed by atoms with van der Waals surface area (Å²) in [5.41, 5.74) is 3.51. The summed E-state index contributed by atoms with van der Waals surface area (Å²) in [6.07, 6.45) is 1.81. The van der Waals surface area contributed by atoms with Crippen molar-refractivity contribution in [1.29, 1.82) is 0 Å². The third-order valence-electron chi connectivity index (χ3n) is 5.27. The van der Waals surface area contributed by atoms with Crippen LogP contribution < -0.4 is 4.74 Å².